The Labute approximate surface area is 126 Å². The van der Waals surface area contributed by atoms with E-state index in [2.05, 4.69) is 27.3 Å². The number of benzene rings is 2. The van der Waals surface area contributed by atoms with Gasteiger partial charge in [-0.25, -0.2) is 0 Å². The molecule has 2 rings (SSSR count). The summed E-state index contributed by atoms with van der Waals surface area (Å²) in [4.78, 5) is 12.3. The molecule has 1 amide bonds. The van der Waals surface area contributed by atoms with E-state index < -0.39 is 0 Å². The first-order chi connectivity index (χ1) is 9.51. The molecule has 0 aliphatic heterocycles. The van der Waals surface area contributed by atoms with Crippen molar-refractivity contribution in [3.63, 3.8) is 0 Å². The van der Waals surface area contributed by atoms with E-state index in [1.807, 2.05) is 32.0 Å². The molecular weight excluding hydrogens is 316 g/mol. The standard InChI is InChI=1S/C16H13BrN2O/c1-10-3-6-13(14(17)7-10)16(20)19-15-8-12(9-18)5-4-11(15)2/h3-8H,1-2H3,(H,19,20). The molecular formula is C16H13BrN2O. The first-order valence-corrected chi connectivity index (χ1v) is 6.89. The predicted molar refractivity (Wildman–Crippen MR) is 82.7 cm³/mol. The molecule has 3 nitrogen and oxygen atoms in total. The van der Waals surface area contributed by atoms with Gasteiger partial charge in [-0.3, -0.25) is 4.79 Å². The number of anilines is 1. The van der Waals surface area contributed by atoms with Gasteiger partial charge >= 0.3 is 0 Å². The highest BCUT2D eigenvalue weighted by atomic mass is 79.9. The first kappa shape index (κ1) is 14.3. The van der Waals surface area contributed by atoms with Crippen molar-refractivity contribution in [1.82, 2.24) is 0 Å². The predicted octanol–water partition coefficient (Wildman–Crippen LogP) is 4.19. The van der Waals surface area contributed by atoms with Crippen LogP contribution in [0.3, 0.4) is 0 Å². The van der Waals surface area contributed by atoms with Crippen molar-refractivity contribution in [2.45, 2.75) is 13.8 Å². The molecule has 0 aliphatic carbocycles. The maximum Gasteiger partial charge on any atom is 0.256 e. The van der Waals surface area contributed by atoms with Crippen molar-refractivity contribution in [2.75, 3.05) is 5.32 Å². The molecule has 0 saturated heterocycles. The number of hydrogen-bond donors (Lipinski definition) is 1. The van der Waals surface area contributed by atoms with Crippen LogP contribution in [0.2, 0.25) is 0 Å². The van der Waals surface area contributed by atoms with Gasteiger partial charge in [0.05, 0.1) is 17.2 Å². The zero-order chi connectivity index (χ0) is 14.7. The van der Waals surface area contributed by atoms with E-state index in [9.17, 15) is 4.79 Å². The number of nitriles is 1. The maximum absolute atomic E-state index is 12.3. The summed E-state index contributed by atoms with van der Waals surface area (Å²) in [6, 6.07) is 12.8. The molecule has 0 saturated carbocycles. The number of rotatable bonds is 2. The van der Waals surface area contributed by atoms with Crippen LogP contribution in [0.15, 0.2) is 40.9 Å². The topological polar surface area (TPSA) is 52.9 Å². The molecule has 1 N–H and O–H groups in total. The third-order valence-corrected chi connectivity index (χ3v) is 3.64. The summed E-state index contributed by atoms with van der Waals surface area (Å²) >= 11 is 3.39. The number of amides is 1. The molecule has 0 bridgehead atoms. The quantitative estimate of drug-likeness (QED) is 0.898. The minimum Gasteiger partial charge on any atom is -0.322 e. The largest absolute Gasteiger partial charge is 0.322 e. The number of aryl methyl sites for hydroxylation is 2. The Morgan fingerprint density at radius 3 is 2.60 bits per heavy atom. The van der Waals surface area contributed by atoms with Gasteiger partial charge in [-0.1, -0.05) is 12.1 Å². The average Bonchev–Trinajstić information content (AvgIpc) is 2.41. The Bertz CT molecular complexity index is 717. The van der Waals surface area contributed by atoms with Crippen LogP contribution in [-0.4, -0.2) is 5.91 Å². The molecule has 0 aromatic heterocycles. The van der Waals surface area contributed by atoms with Crippen molar-refractivity contribution in [2.24, 2.45) is 0 Å². The first-order valence-electron chi connectivity index (χ1n) is 6.09. The van der Waals surface area contributed by atoms with Gasteiger partial charge < -0.3 is 5.32 Å². The molecule has 4 heteroatoms. The lowest BCUT2D eigenvalue weighted by Gasteiger charge is -2.10. The van der Waals surface area contributed by atoms with Crippen LogP contribution in [0.5, 0.6) is 0 Å². The molecule has 20 heavy (non-hydrogen) atoms. The SMILES string of the molecule is Cc1ccc(C(=O)Nc2cc(C#N)ccc2C)c(Br)c1. The Kier molecular flexibility index (Phi) is 4.21. The minimum absolute atomic E-state index is 0.199. The zero-order valence-electron chi connectivity index (χ0n) is 11.2. The van der Waals surface area contributed by atoms with Crippen LogP contribution in [0.1, 0.15) is 27.0 Å². The molecule has 2 aromatic rings. The van der Waals surface area contributed by atoms with Crippen LogP contribution in [0.4, 0.5) is 5.69 Å². The fourth-order valence-electron chi connectivity index (χ4n) is 1.82. The van der Waals surface area contributed by atoms with Crippen molar-refractivity contribution < 1.29 is 4.79 Å². The highest BCUT2D eigenvalue weighted by molar-refractivity contribution is 9.10. The molecule has 0 atom stereocenters. The smallest absolute Gasteiger partial charge is 0.256 e. The van der Waals surface area contributed by atoms with Crippen LogP contribution in [0.25, 0.3) is 0 Å². The van der Waals surface area contributed by atoms with Gasteiger partial charge in [-0.2, -0.15) is 5.26 Å². The molecule has 0 radical (unpaired) electrons. The Morgan fingerprint density at radius 1 is 1.20 bits per heavy atom. The molecule has 0 unspecified atom stereocenters. The van der Waals surface area contributed by atoms with Crippen LogP contribution in [-0.2, 0) is 0 Å². The third kappa shape index (κ3) is 3.06. The zero-order valence-corrected chi connectivity index (χ0v) is 12.8. The number of nitrogens with one attached hydrogen (secondary N) is 1. The van der Waals surface area contributed by atoms with E-state index in [0.29, 0.717) is 16.8 Å². The van der Waals surface area contributed by atoms with Crippen molar-refractivity contribution in [3.8, 4) is 6.07 Å². The summed E-state index contributed by atoms with van der Waals surface area (Å²) in [5.74, 6) is -0.199. The number of carbonyl (C=O) groups excluding carboxylic acids is 1. The molecule has 0 aliphatic rings. The highest BCUT2D eigenvalue weighted by Gasteiger charge is 2.11. The van der Waals surface area contributed by atoms with Crippen molar-refractivity contribution in [1.29, 1.82) is 5.26 Å². The van der Waals surface area contributed by atoms with E-state index in [1.165, 1.54) is 0 Å². The monoisotopic (exact) mass is 328 g/mol. The second-order valence-electron chi connectivity index (χ2n) is 4.58. The number of nitrogens with zero attached hydrogens (tertiary/aromatic N) is 1. The maximum atomic E-state index is 12.3. The van der Waals surface area contributed by atoms with Gasteiger partial charge in [0, 0.05) is 10.2 Å². The lowest BCUT2D eigenvalue weighted by molar-refractivity contribution is 0.102. The Balaban J connectivity index is 2.30. The van der Waals surface area contributed by atoms with E-state index in [-0.39, 0.29) is 5.91 Å². The molecule has 100 valence electrons. The molecule has 0 heterocycles. The molecule has 2 aromatic carbocycles. The average molecular weight is 329 g/mol. The van der Waals surface area contributed by atoms with E-state index in [4.69, 9.17) is 5.26 Å². The summed E-state index contributed by atoms with van der Waals surface area (Å²) in [5, 5.41) is 11.7. The van der Waals surface area contributed by atoms with E-state index in [1.54, 1.807) is 18.2 Å². The van der Waals surface area contributed by atoms with E-state index in [0.717, 1.165) is 15.6 Å². The summed E-state index contributed by atoms with van der Waals surface area (Å²) in [6.45, 7) is 3.86. The molecule has 0 spiro atoms. The number of halogens is 1. The minimum atomic E-state index is -0.199. The second kappa shape index (κ2) is 5.89. The third-order valence-electron chi connectivity index (χ3n) is 2.98. The van der Waals surface area contributed by atoms with Crippen LogP contribution < -0.4 is 5.32 Å². The summed E-state index contributed by atoms with van der Waals surface area (Å²) in [7, 11) is 0. The van der Waals surface area contributed by atoms with Crippen LogP contribution >= 0.6 is 15.9 Å². The van der Waals surface area contributed by atoms with Crippen molar-refractivity contribution >= 4 is 27.5 Å². The summed E-state index contributed by atoms with van der Waals surface area (Å²) in [6.07, 6.45) is 0. The fourth-order valence-corrected chi connectivity index (χ4v) is 2.49. The Hall–Kier alpha value is -2.12. The normalized spacial score (nSPS) is 9.90. The lowest BCUT2D eigenvalue weighted by Crippen LogP contribution is -2.13. The van der Waals surface area contributed by atoms with Crippen molar-refractivity contribution in [3.05, 3.63) is 63.1 Å². The lowest BCUT2D eigenvalue weighted by atomic mass is 10.1. The van der Waals surface area contributed by atoms with Gasteiger partial charge in [0.2, 0.25) is 0 Å². The number of carbonyl (C=O) groups is 1. The van der Waals surface area contributed by atoms with Crippen LogP contribution in [0, 0.1) is 25.2 Å². The summed E-state index contributed by atoms with van der Waals surface area (Å²) < 4.78 is 0.754. The fraction of sp³-hybridized carbons (Fsp3) is 0.125. The van der Waals surface area contributed by atoms with Gasteiger partial charge in [0.1, 0.15) is 0 Å². The molecule has 0 fully saturated rings. The van der Waals surface area contributed by atoms with E-state index >= 15 is 0 Å². The van der Waals surface area contributed by atoms with Gasteiger partial charge in [-0.15, -0.1) is 0 Å². The Morgan fingerprint density at radius 2 is 1.95 bits per heavy atom. The second-order valence-corrected chi connectivity index (χ2v) is 5.43. The van der Waals surface area contributed by atoms with Gasteiger partial charge in [0.25, 0.3) is 5.91 Å². The number of hydrogen-bond acceptors (Lipinski definition) is 2. The van der Waals surface area contributed by atoms with Gasteiger partial charge in [-0.05, 0) is 65.2 Å². The highest BCUT2D eigenvalue weighted by Crippen LogP contribution is 2.22. The summed E-state index contributed by atoms with van der Waals surface area (Å²) in [5.41, 5.74) is 3.74. The van der Waals surface area contributed by atoms with Gasteiger partial charge in [0.15, 0.2) is 0 Å².